The lowest BCUT2D eigenvalue weighted by molar-refractivity contribution is -0.144. The number of rotatable bonds is 7. The molecular weight excluding hydrogens is 320 g/mol. The van der Waals surface area contributed by atoms with Crippen LogP contribution in [0.25, 0.3) is 0 Å². The molecule has 0 bridgehead atoms. The Balaban J connectivity index is 2.24. The first kappa shape index (κ1) is 19.3. The minimum atomic E-state index is -0.420. The Morgan fingerprint density at radius 2 is 2.04 bits per heavy atom. The number of ether oxygens (including phenoxy) is 3. The van der Waals surface area contributed by atoms with Gasteiger partial charge in [-0.3, -0.25) is 9.59 Å². The highest BCUT2D eigenvalue weighted by molar-refractivity contribution is 5.71. The van der Waals surface area contributed by atoms with Crippen molar-refractivity contribution in [3.05, 3.63) is 23.3 Å². The smallest absolute Gasteiger partial charge is 0.308 e. The molecule has 5 nitrogen and oxygen atoms in total. The normalized spacial score (nSPS) is 18.9. The Labute approximate surface area is 149 Å². The molecule has 0 amide bonds. The van der Waals surface area contributed by atoms with Crippen LogP contribution in [0.15, 0.2) is 12.1 Å². The van der Waals surface area contributed by atoms with Crippen LogP contribution < -0.4 is 9.47 Å². The molecule has 138 valence electrons. The second-order valence-electron chi connectivity index (χ2n) is 6.73. The molecule has 1 aromatic carbocycles. The van der Waals surface area contributed by atoms with Crippen LogP contribution in [0.5, 0.6) is 11.5 Å². The van der Waals surface area contributed by atoms with Gasteiger partial charge >= 0.3 is 11.9 Å². The maximum absolute atomic E-state index is 11.7. The van der Waals surface area contributed by atoms with E-state index in [0.29, 0.717) is 25.2 Å². The standard InChI is InChI=1S/C20H28O5/c1-5-7-16-17(24-14(3)21)9-8-15-10-12-20(4,25-19(15)16)13-11-18(22)23-6-2/h8-9H,5-7,10-13H2,1-4H3. The van der Waals surface area contributed by atoms with Gasteiger partial charge < -0.3 is 14.2 Å². The minimum absolute atomic E-state index is 0.194. The lowest BCUT2D eigenvalue weighted by atomic mass is 9.87. The van der Waals surface area contributed by atoms with Crippen molar-refractivity contribution < 1.29 is 23.8 Å². The number of carbonyl (C=O) groups excluding carboxylic acids is 2. The van der Waals surface area contributed by atoms with Crippen molar-refractivity contribution >= 4 is 11.9 Å². The van der Waals surface area contributed by atoms with E-state index in [-0.39, 0.29) is 11.9 Å². The molecule has 5 heteroatoms. The molecule has 2 rings (SSSR count). The summed E-state index contributed by atoms with van der Waals surface area (Å²) in [4.78, 5) is 23.1. The van der Waals surface area contributed by atoms with Gasteiger partial charge in [0.1, 0.15) is 17.1 Å². The van der Waals surface area contributed by atoms with E-state index in [0.717, 1.165) is 42.6 Å². The summed E-state index contributed by atoms with van der Waals surface area (Å²) < 4.78 is 16.7. The molecule has 1 aliphatic heterocycles. The third-order valence-corrected chi connectivity index (χ3v) is 4.49. The maximum atomic E-state index is 11.7. The van der Waals surface area contributed by atoms with E-state index in [1.165, 1.54) is 6.92 Å². The van der Waals surface area contributed by atoms with E-state index in [2.05, 4.69) is 6.92 Å². The molecule has 1 aliphatic rings. The second-order valence-corrected chi connectivity index (χ2v) is 6.73. The summed E-state index contributed by atoms with van der Waals surface area (Å²) in [7, 11) is 0. The van der Waals surface area contributed by atoms with Gasteiger partial charge in [0.25, 0.3) is 0 Å². The van der Waals surface area contributed by atoms with Gasteiger partial charge in [-0.25, -0.2) is 0 Å². The summed E-state index contributed by atoms with van der Waals surface area (Å²) in [6, 6.07) is 3.83. The summed E-state index contributed by atoms with van der Waals surface area (Å²) in [5.41, 5.74) is 1.65. The third kappa shape index (κ3) is 4.97. The monoisotopic (exact) mass is 348 g/mol. The molecule has 0 fully saturated rings. The van der Waals surface area contributed by atoms with Crippen molar-refractivity contribution in [2.45, 2.75) is 71.8 Å². The van der Waals surface area contributed by atoms with E-state index >= 15 is 0 Å². The fraction of sp³-hybridized carbons (Fsp3) is 0.600. The predicted octanol–water partition coefficient (Wildman–Crippen LogP) is 3.99. The van der Waals surface area contributed by atoms with Gasteiger partial charge in [-0.05, 0) is 51.2 Å². The average Bonchev–Trinajstić information content (AvgIpc) is 2.55. The zero-order valence-corrected chi connectivity index (χ0v) is 15.6. The van der Waals surface area contributed by atoms with Crippen molar-refractivity contribution in [1.29, 1.82) is 0 Å². The summed E-state index contributed by atoms with van der Waals surface area (Å²) in [5.74, 6) is 0.861. The number of esters is 2. The summed E-state index contributed by atoms with van der Waals surface area (Å²) >= 11 is 0. The Hall–Kier alpha value is -2.04. The van der Waals surface area contributed by atoms with Crippen LogP contribution in [0, 0.1) is 0 Å². The average molecular weight is 348 g/mol. The van der Waals surface area contributed by atoms with Gasteiger partial charge in [0.05, 0.1) is 6.61 Å². The number of benzene rings is 1. The van der Waals surface area contributed by atoms with E-state index in [4.69, 9.17) is 14.2 Å². The quantitative estimate of drug-likeness (QED) is 0.551. The van der Waals surface area contributed by atoms with Crippen molar-refractivity contribution in [3.8, 4) is 11.5 Å². The number of hydrogen-bond donors (Lipinski definition) is 0. The van der Waals surface area contributed by atoms with Crippen molar-refractivity contribution in [3.63, 3.8) is 0 Å². The molecule has 0 saturated heterocycles. The van der Waals surface area contributed by atoms with Gasteiger partial charge in [-0.1, -0.05) is 19.4 Å². The van der Waals surface area contributed by atoms with Crippen LogP contribution >= 0.6 is 0 Å². The number of aryl methyl sites for hydroxylation is 1. The van der Waals surface area contributed by atoms with Crippen LogP contribution in [0.2, 0.25) is 0 Å². The molecule has 0 aliphatic carbocycles. The minimum Gasteiger partial charge on any atom is -0.487 e. The van der Waals surface area contributed by atoms with Crippen LogP contribution in [0.3, 0.4) is 0 Å². The Kier molecular flexibility index (Phi) is 6.45. The Bertz CT molecular complexity index is 637. The molecule has 0 spiro atoms. The van der Waals surface area contributed by atoms with Gasteiger partial charge in [-0.2, -0.15) is 0 Å². The number of fused-ring (bicyclic) bond motifs is 1. The lowest BCUT2D eigenvalue weighted by Crippen LogP contribution is -2.37. The van der Waals surface area contributed by atoms with Crippen LogP contribution in [0.1, 0.15) is 64.5 Å². The van der Waals surface area contributed by atoms with Crippen LogP contribution in [-0.4, -0.2) is 24.1 Å². The molecule has 1 heterocycles. The predicted molar refractivity (Wildman–Crippen MR) is 95.0 cm³/mol. The molecule has 0 radical (unpaired) electrons. The number of carbonyl (C=O) groups is 2. The Morgan fingerprint density at radius 1 is 1.28 bits per heavy atom. The molecule has 25 heavy (non-hydrogen) atoms. The third-order valence-electron chi connectivity index (χ3n) is 4.49. The van der Waals surface area contributed by atoms with E-state index in [1.54, 1.807) is 6.92 Å². The molecular formula is C20H28O5. The fourth-order valence-corrected chi connectivity index (χ4v) is 3.19. The topological polar surface area (TPSA) is 61.8 Å². The Morgan fingerprint density at radius 3 is 2.68 bits per heavy atom. The van der Waals surface area contributed by atoms with Gasteiger partial charge in [0.2, 0.25) is 0 Å². The highest BCUT2D eigenvalue weighted by Crippen LogP contribution is 2.42. The largest absolute Gasteiger partial charge is 0.487 e. The second kappa shape index (κ2) is 8.37. The van der Waals surface area contributed by atoms with E-state index < -0.39 is 5.60 Å². The zero-order valence-electron chi connectivity index (χ0n) is 15.6. The first-order valence-electron chi connectivity index (χ1n) is 9.06. The zero-order chi connectivity index (χ0) is 18.4. The van der Waals surface area contributed by atoms with Crippen LogP contribution in [0.4, 0.5) is 0 Å². The lowest BCUT2D eigenvalue weighted by Gasteiger charge is -2.37. The molecule has 0 N–H and O–H groups in total. The highest BCUT2D eigenvalue weighted by Gasteiger charge is 2.34. The van der Waals surface area contributed by atoms with Crippen molar-refractivity contribution in [2.75, 3.05) is 6.61 Å². The first-order valence-corrected chi connectivity index (χ1v) is 9.06. The van der Waals surface area contributed by atoms with Crippen molar-refractivity contribution in [1.82, 2.24) is 0 Å². The summed E-state index contributed by atoms with van der Waals surface area (Å²) in [6.45, 7) is 7.72. The fourth-order valence-electron chi connectivity index (χ4n) is 3.19. The molecule has 1 aromatic rings. The summed E-state index contributed by atoms with van der Waals surface area (Å²) in [6.07, 6.45) is 4.37. The van der Waals surface area contributed by atoms with E-state index in [1.807, 2.05) is 19.1 Å². The highest BCUT2D eigenvalue weighted by atomic mass is 16.5. The molecule has 0 aromatic heterocycles. The van der Waals surface area contributed by atoms with Crippen LogP contribution in [-0.2, 0) is 27.2 Å². The first-order chi connectivity index (χ1) is 11.9. The van der Waals surface area contributed by atoms with Gasteiger partial charge in [0, 0.05) is 18.9 Å². The van der Waals surface area contributed by atoms with Gasteiger partial charge in [-0.15, -0.1) is 0 Å². The molecule has 1 unspecified atom stereocenters. The van der Waals surface area contributed by atoms with E-state index in [9.17, 15) is 9.59 Å². The molecule has 1 atom stereocenters. The summed E-state index contributed by atoms with van der Waals surface area (Å²) in [5, 5.41) is 0. The van der Waals surface area contributed by atoms with Crippen molar-refractivity contribution in [2.24, 2.45) is 0 Å². The number of hydrogen-bond acceptors (Lipinski definition) is 5. The maximum Gasteiger partial charge on any atom is 0.308 e. The van der Waals surface area contributed by atoms with Gasteiger partial charge in [0.15, 0.2) is 0 Å². The molecule has 0 saturated carbocycles. The SMILES string of the molecule is CCCc1c(OC(C)=O)ccc2c1OC(C)(CCC(=O)OCC)CC2.